The van der Waals surface area contributed by atoms with Crippen LogP contribution in [0.15, 0.2) is 47.6 Å². The molecule has 3 heterocycles. The number of aryl methyl sites for hydroxylation is 1. The van der Waals surface area contributed by atoms with Crippen molar-refractivity contribution in [1.29, 1.82) is 0 Å². The summed E-state index contributed by atoms with van der Waals surface area (Å²) in [6.45, 7) is 4.51. The smallest absolute Gasteiger partial charge is 0.239 e. The average Bonchev–Trinajstić information content (AvgIpc) is 3.35. The van der Waals surface area contributed by atoms with Gasteiger partial charge in [0.15, 0.2) is 10.8 Å². The van der Waals surface area contributed by atoms with Gasteiger partial charge in [0.25, 0.3) is 0 Å². The van der Waals surface area contributed by atoms with Gasteiger partial charge in [0.1, 0.15) is 11.3 Å². The van der Waals surface area contributed by atoms with Crippen LogP contribution in [-0.2, 0) is 11.8 Å². The van der Waals surface area contributed by atoms with Gasteiger partial charge in [0.2, 0.25) is 11.1 Å². The van der Waals surface area contributed by atoms with Gasteiger partial charge >= 0.3 is 0 Å². The van der Waals surface area contributed by atoms with E-state index in [-0.39, 0.29) is 11.2 Å². The molecule has 0 radical (unpaired) electrons. The molecule has 3 aromatic heterocycles. The van der Waals surface area contributed by atoms with Gasteiger partial charge in [0.05, 0.1) is 27.6 Å². The Bertz CT molecular complexity index is 1480. The lowest BCUT2D eigenvalue weighted by molar-refractivity contribution is -0.115. The molecule has 8 nitrogen and oxygen atoms in total. The minimum Gasteiger partial charge on any atom is -0.494 e. The van der Waals surface area contributed by atoms with Crippen LogP contribution >= 0.6 is 23.1 Å². The fourth-order valence-electron chi connectivity index (χ4n) is 3.69. The minimum atomic E-state index is -0.370. The third kappa shape index (κ3) is 4.11. The van der Waals surface area contributed by atoms with Crippen LogP contribution in [0.1, 0.15) is 20.3 Å². The summed E-state index contributed by atoms with van der Waals surface area (Å²) >= 11 is 2.74. The summed E-state index contributed by atoms with van der Waals surface area (Å²) < 4.78 is 8.52. The number of hydrogen-bond acceptors (Lipinski definition) is 8. The molecule has 1 amide bonds. The first-order valence-corrected chi connectivity index (χ1v) is 12.4. The minimum absolute atomic E-state index is 0.132. The van der Waals surface area contributed by atoms with E-state index in [9.17, 15) is 4.79 Å². The van der Waals surface area contributed by atoms with Crippen molar-refractivity contribution in [3.8, 4) is 5.75 Å². The van der Waals surface area contributed by atoms with Crippen molar-refractivity contribution in [2.75, 3.05) is 11.9 Å². The Morgan fingerprint density at radius 2 is 2.03 bits per heavy atom. The van der Waals surface area contributed by atoms with Gasteiger partial charge in [-0.1, -0.05) is 48.2 Å². The maximum absolute atomic E-state index is 13.0. The number of carbonyl (C=O) groups is 1. The number of thiazole rings is 1. The third-order valence-electron chi connectivity index (χ3n) is 5.30. The highest BCUT2D eigenvalue weighted by molar-refractivity contribution is 8.00. The molecule has 0 bridgehead atoms. The SMILES string of the molecule is CCOc1ccc2nc(NC(=O)[C@@H](CC)Sc3nnc4c5ccccc5n(C)c4n3)sc2c1. The number of para-hydroxylation sites is 1. The molecule has 0 aliphatic rings. The Morgan fingerprint density at radius 3 is 2.85 bits per heavy atom. The predicted molar refractivity (Wildman–Crippen MR) is 133 cm³/mol. The van der Waals surface area contributed by atoms with Crippen LogP contribution in [-0.4, -0.2) is 42.5 Å². The Balaban J connectivity index is 1.36. The van der Waals surface area contributed by atoms with Gasteiger partial charge in [0, 0.05) is 12.4 Å². The number of carbonyl (C=O) groups excluding carboxylic acids is 1. The standard InChI is InChI=1S/C23H22N6O2S2/c1-4-17(21(30)26-22-24-15-11-10-13(31-5-2)12-18(15)33-22)32-23-25-20-19(27-28-23)14-8-6-7-9-16(14)29(20)3/h6-12,17H,4-5H2,1-3H3,(H,24,26,30)/t17-/m1/s1. The number of hydrogen-bond donors (Lipinski definition) is 1. The lowest BCUT2D eigenvalue weighted by Crippen LogP contribution is -2.24. The predicted octanol–water partition coefficient (Wildman–Crippen LogP) is 5.03. The second kappa shape index (κ2) is 8.95. The van der Waals surface area contributed by atoms with Gasteiger partial charge in [-0.3, -0.25) is 4.79 Å². The number of rotatable bonds is 7. The van der Waals surface area contributed by atoms with E-state index in [4.69, 9.17) is 9.72 Å². The van der Waals surface area contributed by atoms with Crippen LogP contribution in [0.2, 0.25) is 0 Å². The normalized spacial score (nSPS) is 12.5. The fourth-order valence-corrected chi connectivity index (χ4v) is 5.40. The highest BCUT2D eigenvalue weighted by atomic mass is 32.2. The number of benzene rings is 2. The number of amides is 1. The number of anilines is 1. The zero-order valence-corrected chi connectivity index (χ0v) is 20.0. The van der Waals surface area contributed by atoms with Crippen LogP contribution in [0, 0.1) is 0 Å². The van der Waals surface area contributed by atoms with E-state index < -0.39 is 0 Å². The molecule has 5 rings (SSSR count). The summed E-state index contributed by atoms with van der Waals surface area (Å²) in [7, 11) is 1.96. The van der Waals surface area contributed by atoms with E-state index in [1.54, 1.807) is 0 Å². The molecule has 0 aliphatic carbocycles. The van der Waals surface area contributed by atoms with Gasteiger partial charge in [-0.2, -0.15) is 0 Å². The van der Waals surface area contributed by atoms with Gasteiger partial charge in [-0.15, -0.1) is 10.2 Å². The van der Waals surface area contributed by atoms with Crippen molar-refractivity contribution in [1.82, 2.24) is 24.7 Å². The molecule has 1 atom stereocenters. The topological polar surface area (TPSA) is 94.8 Å². The molecule has 0 fully saturated rings. The van der Waals surface area contributed by atoms with Gasteiger partial charge in [-0.05, 0) is 37.6 Å². The molecule has 168 valence electrons. The van der Waals surface area contributed by atoms with Crippen molar-refractivity contribution in [3.63, 3.8) is 0 Å². The molecule has 0 saturated carbocycles. The first-order chi connectivity index (χ1) is 16.1. The van der Waals surface area contributed by atoms with Crippen molar-refractivity contribution < 1.29 is 9.53 Å². The van der Waals surface area contributed by atoms with Gasteiger partial charge < -0.3 is 14.6 Å². The van der Waals surface area contributed by atoms with E-state index in [0.717, 1.165) is 38.0 Å². The molecule has 0 spiro atoms. The molecule has 2 aromatic carbocycles. The summed E-state index contributed by atoms with van der Waals surface area (Å²) in [5.74, 6) is 0.661. The van der Waals surface area contributed by atoms with Crippen molar-refractivity contribution >= 4 is 66.4 Å². The number of aromatic nitrogens is 5. The zero-order valence-electron chi connectivity index (χ0n) is 18.4. The van der Waals surface area contributed by atoms with Crippen LogP contribution in [0.3, 0.4) is 0 Å². The maximum Gasteiger partial charge on any atom is 0.239 e. The van der Waals surface area contributed by atoms with Crippen molar-refractivity contribution in [3.05, 3.63) is 42.5 Å². The maximum atomic E-state index is 13.0. The van der Waals surface area contributed by atoms with E-state index in [0.29, 0.717) is 23.3 Å². The number of fused-ring (bicyclic) bond motifs is 4. The Kier molecular flexibility index (Phi) is 5.86. The van der Waals surface area contributed by atoms with E-state index in [1.165, 1.54) is 23.1 Å². The van der Waals surface area contributed by atoms with Crippen LogP contribution in [0.25, 0.3) is 32.3 Å². The molecular formula is C23H22N6O2S2. The number of thioether (sulfide) groups is 1. The first kappa shape index (κ1) is 21.6. The Morgan fingerprint density at radius 1 is 1.18 bits per heavy atom. The monoisotopic (exact) mass is 478 g/mol. The highest BCUT2D eigenvalue weighted by Gasteiger charge is 2.22. The number of nitrogens with one attached hydrogen (secondary N) is 1. The summed E-state index contributed by atoms with van der Waals surface area (Å²) in [4.78, 5) is 22.2. The molecule has 1 N–H and O–H groups in total. The largest absolute Gasteiger partial charge is 0.494 e. The molecule has 33 heavy (non-hydrogen) atoms. The molecule has 10 heteroatoms. The van der Waals surface area contributed by atoms with Crippen LogP contribution in [0.5, 0.6) is 5.75 Å². The van der Waals surface area contributed by atoms with E-state index in [2.05, 4.69) is 20.5 Å². The molecule has 5 aromatic rings. The lowest BCUT2D eigenvalue weighted by atomic mass is 10.2. The summed E-state index contributed by atoms with van der Waals surface area (Å²) in [5, 5.41) is 13.3. The van der Waals surface area contributed by atoms with Gasteiger partial charge in [-0.25, -0.2) is 9.97 Å². The average molecular weight is 479 g/mol. The zero-order chi connectivity index (χ0) is 22.9. The molecule has 0 aliphatic heterocycles. The fraction of sp³-hybridized carbons (Fsp3) is 0.261. The third-order valence-corrected chi connectivity index (χ3v) is 7.45. The summed E-state index contributed by atoms with van der Waals surface area (Å²) in [6.07, 6.45) is 0.617. The summed E-state index contributed by atoms with van der Waals surface area (Å²) in [6, 6.07) is 13.7. The number of ether oxygens (including phenoxy) is 1. The Labute approximate surface area is 198 Å². The van der Waals surface area contributed by atoms with Crippen molar-refractivity contribution in [2.24, 2.45) is 7.05 Å². The quantitative estimate of drug-likeness (QED) is 0.328. The summed E-state index contributed by atoms with van der Waals surface area (Å²) in [5.41, 5.74) is 3.38. The van der Waals surface area contributed by atoms with Crippen LogP contribution in [0.4, 0.5) is 5.13 Å². The molecule has 0 saturated heterocycles. The molecular weight excluding hydrogens is 456 g/mol. The lowest BCUT2D eigenvalue weighted by Gasteiger charge is -2.12. The molecule has 0 unspecified atom stereocenters. The van der Waals surface area contributed by atoms with E-state index >= 15 is 0 Å². The van der Waals surface area contributed by atoms with Crippen molar-refractivity contribution in [2.45, 2.75) is 30.7 Å². The second-order valence-corrected chi connectivity index (χ2v) is 9.63. The highest BCUT2D eigenvalue weighted by Crippen LogP contribution is 2.31. The first-order valence-electron chi connectivity index (χ1n) is 10.7. The van der Waals surface area contributed by atoms with E-state index in [1.807, 2.05) is 67.9 Å². The van der Waals surface area contributed by atoms with Crippen LogP contribution < -0.4 is 10.1 Å². The second-order valence-electron chi connectivity index (χ2n) is 7.43. The number of nitrogens with zero attached hydrogens (tertiary/aromatic N) is 5. The Hall–Kier alpha value is -3.24.